The van der Waals surface area contributed by atoms with Gasteiger partial charge in [-0.15, -0.1) is 0 Å². The summed E-state index contributed by atoms with van der Waals surface area (Å²) in [6.45, 7) is 2.88. The minimum absolute atomic E-state index is 0.188. The van der Waals surface area contributed by atoms with Gasteiger partial charge in [0.15, 0.2) is 0 Å². The highest BCUT2D eigenvalue weighted by molar-refractivity contribution is 5.76. The van der Waals surface area contributed by atoms with Crippen molar-refractivity contribution in [2.75, 3.05) is 6.54 Å². The summed E-state index contributed by atoms with van der Waals surface area (Å²) in [4.78, 5) is 11.0. The Morgan fingerprint density at radius 2 is 2.00 bits per heavy atom. The summed E-state index contributed by atoms with van der Waals surface area (Å²) in [5.74, 6) is 0.696. The normalized spacial score (nSPS) is 21.8. The van der Waals surface area contributed by atoms with Crippen molar-refractivity contribution >= 4 is 5.91 Å². The highest BCUT2D eigenvalue weighted by Crippen LogP contribution is 2.23. The van der Waals surface area contributed by atoms with Crippen molar-refractivity contribution in [2.24, 2.45) is 0 Å². The van der Waals surface area contributed by atoms with Crippen molar-refractivity contribution in [1.82, 2.24) is 5.32 Å². The second kappa shape index (κ2) is 3.82. The van der Waals surface area contributed by atoms with Gasteiger partial charge in [-0.05, 0) is 18.9 Å². The van der Waals surface area contributed by atoms with Crippen LogP contribution in [-0.2, 0) is 4.79 Å². The topological polar surface area (TPSA) is 29.1 Å². The summed E-state index contributed by atoms with van der Waals surface area (Å²) in [6, 6.07) is 8.59. The fourth-order valence-corrected chi connectivity index (χ4v) is 1.86. The molecule has 2 nitrogen and oxygen atoms in total. The first-order valence-corrected chi connectivity index (χ1v) is 5.09. The molecule has 1 aromatic rings. The van der Waals surface area contributed by atoms with Gasteiger partial charge < -0.3 is 5.32 Å². The molecule has 1 unspecified atom stereocenters. The smallest absolute Gasteiger partial charge is 0.220 e. The Bertz CT molecular complexity index is 319. The lowest BCUT2D eigenvalue weighted by Crippen LogP contribution is -2.33. The highest BCUT2D eigenvalue weighted by Gasteiger charge is 2.18. The number of hydrogen-bond acceptors (Lipinski definition) is 1. The van der Waals surface area contributed by atoms with Gasteiger partial charge in [0.25, 0.3) is 0 Å². The minimum atomic E-state index is 0.188. The third-order valence-corrected chi connectivity index (χ3v) is 2.81. The van der Waals surface area contributed by atoms with Crippen molar-refractivity contribution < 1.29 is 4.79 Å². The molecule has 14 heavy (non-hydrogen) atoms. The summed E-state index contributed by atoms with van der Waals surface area (Å²) in [6.07, 6.45) is 1.65. The Morgan fingerprint density at radius 3 is 2.57 bits per heavy atom. The van der Waals surface area contributed by atoms with Gasteiger partial charge in [0.1, 0.15) is 0 Å². The molecule has 1 atom stereocenters. The predicted octanol–water partition coefficient (Wildman–Crippen LogP) is 1.99. The number of piperidine rings is 1. The third-order valence-electron chi connectivity index (χ3n) is 2.81. The number of hydrogen-bond donors (Lipinski definition) is 1. The lowest BCUT2D eigenvalue weighted by Gasteiger charge is -2.22. The Kier molecular flexibility index (Phi) is 2.53. The molecule has 0 aliphatic carbocycles. The molecule has 0 saturated carbocycles. The van der Waals surface area contributed by atoms with Crippen LogP contribution < -0.4 is 5.32 Å². The van der Waals surface area contributed by atoms with Crippen molar-refractivity contribution in [3.05, 3.63) is 35.4 Å². The highest BCUT2D eigenvalue weighted by atomic mass is 16.1. The van der Waals surface area contributed by atoms with Crippen molar-refractivity contribution in [3.8, 4) is 0 Å². The molecule has 1 aromatic carbocycles. The first-order valence-electron chi connectivity index (χ1n) is 5.09. The Balaban J connectivity index is 2.08. The maximum absolute atomic E-state index is 11.0. The molecular formula is C12H15NO. The van der Waals surface area contributed by atoms with Crippen LogP contribution in [-0.4, -0.2) is 12.5 Å². The average molecular weight is 189 g/mol. The van der Waals surface area contributed by atoms with Crippen LogP contribution in [0.2, 0.25) is 0 Å². The SMILES string of the molecule is Cc1ccc(C2CCC(=O)NC2)cc1. The van der Waals surface area contributed by atoms with E-state index in [9.17, 15) is 4.79 Å². The first-order chi connectivity index (χ1) is 6.75. The lowest BCUT2D eigenvalue weighted by atomic mass is 9.91. The van der Waals surface area contributed by atoms with Crippen LogP contribution in [0.15, 0.2) is 24.3 Å². The maximum Gasteiger partial charge on any atom is 0.220 e. The number of carbonyl (C=O) groups is 1. The lowest BCUT2D eigenvalue weighted by molar-refractivity contribution is -0.122. The van der Waals surface area contributed by atoms with E-state index in [0.29, 0.717) is 12.3 Å². The molecular weight excluding hydrogens is 174 g/mol. The molecule has 1 aliphatic heterocycles. The summed E-state index contributed by atoms with van der Waals surface area (Å²) in [5, 5.41) is 2.91. The van der Waals surface area contributed by atoms with Crippen molar-refractivity contribution in [1.29, 1.82) is 0 Å². The molecule has 0 spiro atoms. The molecule has 2 heteroatoms. The molecule has 1 N–H and O–H groups in total. The van der Waals surface area contributed by atoms with Crippen LogP contribution in [0.1, 0.15) is 29.9 Å². The second-order valence-corrected chi connectivity index (χ2v) is 3.95. The summed E-state index contributed by atoms with van der Waals surface area (Å²) in [7, 11) is 0. The van der Waals surface area contributed by atoms with E-state index in [1.165, 1.54) is 11.1 Å². The number of amides is 1. The number of rotatable bonds is 1. The van der Waals surface area contributed by atoms with Crippen molar-refractivity contribution in [3.63, 3.8) is 0 Å². The zero-order valence-electron chi connectivity index (χ0n) is 8.42. The van der Waals surface area contributed by atoms with E-state index in [0.717, 1.165) is 13.0 Å². The second-order valence-electron chi connectivity index (χ2n) is 3.95. The molecule has 1 heterocycles. The molecule has 1 aliphatic rings. The third kappa shape index (κ3) is 1.95. The number of nitrogens with one attached hydrogen (secondary N) is 1. The Labute approximate surface area is 84.3 Å². The zero-order chi connectivity index (χ0) is 9.97. The largest absolute Gasteiger partial charge is 0.355 e. The van der Waals surface area contributed by atoms with Crippen LogP contribution in [0.25, 0.3) is 0 Å². The van der Waals surface area contributed by atoms with Gasteiger partial charge in [-0.3, -0.25) is 4.79 Å². The predicted molar refractivity (Wildman–Crippen MR) is 56.2 cm³/mol. The van der Waals surface area contributed by atoms with E-state index in [1.807, 2.05) is 0 Å². The van der Waals surface area contributed by atoms with Gasteiger partial charge >= 0.3 is 0 Å². The van der Waals surface area contributed by atoms with E-state index >= 15 is 0 Å². The van der Waals surface area contributed by atoms with Crippen LogP contribution in [0.3, 0.4) is 0 Å². The summed E-state index contributed by atoms with van der Waals surface area (Å²) in [5.41, 5.74) is 2.63. The van der Waals surface area contributed by atoms with Crippen LogP contribution in [0.5, 0.6) is 0 Å². The van der Waals surface area contributed by atoms with Crippen molar-refractivity contribution in [2.45, 2.75) is 25.7 Å². The zero-order valence-corrected chi connectivity index (χ0v) is 8.42. The number of benzene rings is 1. The standard InChI is InChI=1S/C12H15NO/c1-9-2-4-10(5-3-9)11-6-7-12(14)13-8-11/h2-5,11H,6-8H2,1H3,(H,13,14). The van der Waals surface area contributed by atoms with Crippen LogP contribution in [0, 0.1) is 6.92 Å². The molecule has 0 radical (unpaired) electrons. The molecule has 1 saturated heterocycles. The molecule has 0 aromatic heterocycles. The Hall–Kier alpha value is -1.31. The van der Waals surface area contributed by atoms with Gasteiger partial charge in [0, 0.05) is 18.9 Å². The van der Waals surface area contributed by atoms with E-state index < -0.39 is 0 Å². The summed E-state index contributed by atoms with van der Waals surface area (Å²) >= 11 is 0. The average Bonchev–Trinajstić information content (AvgIpc) is 2.21. The number of carbonyl (C=O) groups excluding carboxylic acids is 1. The monoisotopic (exact) mass is 189 g/mol. The van der Waals surface area contributed by atoms with Gasteiger partial charge in [0.2, 0.25) is 5.91 Å². The molecule has 0 bridgehead atoms. The number of aryl methyl sites for hydroxylation is 1. The first kappa shape index (κ1) is 9.25. The van der Waals surface area contributed by atoms with E-state index in [2.05, 4.69) is 36.5 Å². The van der Waals surface area contributed by atoms with E-state index in [-0.39, 0.29) is 5.91 Å². The van der Waals surface area contributed by atoms with Crippen LogP contribution >= 0.6 is 0 Å². The van der Waals surface area contributed by atoms with Crippen LogP contribution in [0.4, 0.5) is 0 Å². The summed E-state index contributed by atoms with van der Waals surface area (Å²) < 4.78 is 0. The Morgan fingerprint density at radius 1 is 1.29 bits per heavy atom. The van der Waals surface area contributed by atoms with Gasteiger partial charge in [0.05, 0.1) is 0 Å². The molecule has 1 fully saturated rings. The quantitative estimate of drug-likeness (QED) is 0.719. The molecule has 74 valence electrons. The maximum atomic E-state index is 11.0. The molecule has 2 rings (SSSR count). The fourth-order valence-electron chi connectivity index (χ4n) is 1.86. The van der Waals surface area contributed by atoms with E-state index in [1.54, 1.807) is 0 Å². The minimum Gasteiger partial charge on any atom is -0.355 e. The van der Waals surface area contributed by atoms with Gasteiger partial charge in [-0.25, -0.2) is 0 Å². The van der Waals surface area contributed by atoms with E-state index in [4.69, 9.17) is 0 Å². The van der Waals surface area contributed by atoms with Gasteiger partial charge in [-0.1, -0.05) is 29.8 Å². The molecule has 1 amide bonds. The fraction of sp³-hybridized carbons (Fsp3) is 0.417. The van der Waals surface area contributed by atoms with Gasteiger partial charge in [-0.2, -0.15) is 0 Å².